The Balaban J connectivity index is 1.16. The highest BCUT2D eigenvalue weighted by Crippen LogP contribution is 2.48. The van der Waals surface area contributed by atoms with Gasteiger partial charge in [-0.05, 0) is 86.3 Å². The fourth-order valence-electron chi connectivity index (χ4n) is 6.63. The topological polar surface area (TPSA) is 43.9 Å². The standard InChI is InChI=1S/C30H36Cl3N3O2/c1-34(2)28(37)24-6-5-23(19-26(24)32)35-14-8-20(9-15-35)21-10-16-36(17-11-21)29(38)30(12-3-13-30)25-7-4-22(31)18-27(25)33/h4-7,18-21H,3,8-17H2,1-2H3. The van der Waals surface area contributed by atoms with E-state index in [4.69, 9.17) is 34.8 Å². The van der Waals surface area contributed by atoms with Crippen molar-refractivity contribution >= 4 is 52.3 Å². The molecule has 2 amide bonds. The molecule has 5 nitrogen and oxygen atoms in total. The minimum absolute atomic E-state index is 0.0791. The monoisotopic (exact) mass is 575 g/mol. The average Bonchev–Trinajstić information content (AvgIpc) is 2.89. The van der Waals surface area contributed by atoms with Crippen molar-refractivity contribution in [2.75, 3.05) is 45.2 Å². The molecule has 0 spiro atoms. The van der Waals surface area contributed by atoms with Gasteiger partial charge in [-0.15, -0.1) is 0 Å². The van der Waals surface area contributed by atoms with Crippen LogP contribution >= 0.6 is 34.8 Å². The number of nitrogens with zero attached hydrogens (tertiary/aromatic N) is 3. The average molecular weight is 577 g/mol. The van der Waals surface area contributed by atoms with Crippen molar-refractivity contribution in [2.45, 2.75) is 50.4 Å². The number of hydrogen-bond donors (Lipinski definition) is 0. The fourth-order valence-corrected chi connectivity index (χ4v) is 7.47. The number of likely N-dealkylation sites (tertiary alicyclic amines) is 1. The van der Waals surface area contributed by atoms with Gasteiger partial charge in [-0.3, -0.25) is 9.59 Å². The van der Waals surface area contributed by atoms with Crippen LogP contribution in [0.4, 0.5) is 5.69 Å². The van der Waals surface area contributed by atoms with E-state index >= 15 is 0 Å². The minimum Gasteiger partial charge on any atom is -0.371 e. The van der Waals surface area contributed by atoms with Gasteiger partial charge in [0.1, 0.15) is 0 Å². The number of hydrogen-bond acceptors (Lipinski definition) is 3. The highest BCUT2D eigenvalue weighted by molar-refractivity contribution is 6.35. The smallest absolute Gasteiger partial charge is 0.254 e. The third-order valence-electron chi connectivity index (χ3n) is 9.05. The first-order chi connectivity index (χ1) is 18.2. The van der Waals surface area contributed by atoms with Gasteiger partial charge in [-0.1, -0.05) is 47.3 Å². The Morgan fingerprint density at radius 3 is 2.00 bits per heavy atom. The Hall–Kier alpha value is -1.95. The molecule has 0 atom stereocenters. The van der Waals surface area contributed by atoms with E-state index < -0.39 is 5.41 Å². The molecule has 3 fully saturated rings. The zero-order valence-electron chi connectivity index (χ0n) is 22.2. The summed E-state index contributed by atoms with van der Waals surface area (Å²) in [6.45, 7) is 3.62. The maximum absolute atomic E-state index is 13.7. The van der Waals surface area contributed by atoms with E-state index in [0.29, 0.717) is 32.5 Å². The van der Waals surface area contributed by atoms with Gasteiger partial charge in [0.25, 0.3) is 5.91 Å². The molecule has 1 aliphatic carbocycles. The lowest BCUT2D eigenvalue weighted by Crippen LogP contribution is -2.53. The molecule has 0 radical (unpaired) electrons. The first-order valence-corrected chi connectivity index (χ1v) is 14.8. The van der Waals surface area contributed by atoms with E-state index in [-0.39, 0.29) is 11.8 Å². The lowest BCUT2D eigenvalue weighted by molar-refractivity contribution is -0.142. The Kier molecular flexibility index (Phi) is 8.19. The van der Waals surface area contributed by atoms with E-state index in [1.807, 2.05) is 30.3 Å². The zero-order chi connectivity index (χ0) is 27.0. The van der Waals surface area contributed by atoms with Gasteiger partial charge in [0.2, 0.25) is 5.91 Å². The van der Waals surface area contributed by atoms with E-state index in [1.54, 1.807) is 25.1 Å². The summed E-state index contributed by atoms with van der Waals surface area (Å²) < 4.78 is 0. The van der Waals surface area contributed by atoms with Gasteiger partial charge in [0.15, 0.2) is 0 Å². The van der Waals surface area contributed by atoms with Crippen LogP contribution in [0.2, 0.25) is 15.1 Å². The Morgan fingerprint density at radius 2 is 1.47 bits per heavy atom. The highest BCUT2D eigenvalue weighted by Gasteiger charge is 2.49. The molecule has 2 aromatic rings. The number of halogens is 3. The van der Waals surface area contributed by atoms with Crippen LogP contribution in [0, 0.1) is 11.8 Å². The minimum atomic E-state index is -0.478. The molecular weight excluding hydrogens is 541 g/mol. The van der Waals surface area contributed by atoms with Crippen molar-refractivity contribution in [1.82, 2.24) is 9.80 Å². The maximum Gasteiger partial charge on any atom is 0.254 e. The van der Waals surface area contributed by atoms with Gasteiger partial charge in [0, 0.05) is 56.0 Å². The summed E-state index contributed by atoms with van der Waals surface area (Å²) in [7, 11) is 3.47. The van der Waals surface area contributed by atoms with Crippen LogP contribution in [0.3, 0.4) is 0 Å². The number of rotatable bonds is 5. The summed E-state index contributed by atoms with van der Waals surface area (Å²) >= 11 is 19.1. The zero-order valence-corrected chi connectivity index (χ0v) is 24.5. The molecule has 0 unspecified atom stereocenters. The molecule has 0 bridgehead atoms. The van der Waals surface area contributed by atoms with Crippen molar-refractivity contribution in [2.24, 2.45) is 11.8 Å². The predicted molar refractivity (Wildman–Crippen MR) is 156 cm³/mol. The van der Waals surface area contributed by atoms with Crippen molar-refractivity contribution in [3.05, 3.63) is 62.6 Å². The van der Waals surface area contributed by atoms with Crippen LogP contribution in [0.5, 0.6) is 0 Å². The molecule has 3 aliphatic rings. The quantitative estimate of drug-likeness (QED) is 0.388. The van der Waals surface area contributed by atoms with Gasteiger partial charge >= 0.3 is 0 Å². The molecule has 38 heavy (non-hydrogen) atoms. The van der Waals surface area contributed by atoms with Crippen molar-refractivity contribution in [1.29, 1.82) is 0 Å². The SMILES string of the molecule is CN(C)C(=O)c1ccc(N2CCC(C3CCN(C(=O)C4(c5ccc(Cl)cc5Cl)CCC4)CC3)CC2)cc1Cl. The first kappa shape index (κ1) is 27.6. The highest BCUT2D eigenvalue weighted by atomic mass is 35.5. The summed E-state index contributed by atoms with van der Waals surface area (Å²) in [5.74, 6) is 1.50. The second-order valence-corrected chi connectivity index (χ2v) is 12.6. The maximum atomic E-state index is 13.7. The summed E-state index contributed by atoms with van der Waals surface area (Å²) in [6.07, 6.45) is 7.18. The molecule has 2 aliphatic heterocycles. The van der Waals surface area contributed by atoms with E-state index in [1.165, 1.54) is 0 Å². The number of carbonyl (C=O) groups is 2. The number of piperidine rings is 2. The second kappa shape index (κ2) is 11.3. The van der Waals surface area contributed by atoms with E-state index in [2.05, 4.69) is 9.80 Å². The molecule has 2 heterocycles. The Morgan fingerprint density at radius 1 is 0.842 bits per heavy atom. The van der Waals surface area contributed by atoms with Crippen LogP contribution in [-0.4, -0.2) is 61.9 Å². The van der Waals surface area contributed by atoms with Crippen LogP contribution in [0.25, 0.3) is 0 Å². The summed E-state index contributed by atoms with van der Waals surface area (Å²) in [5.41, 5.74) is 2.08. The van der Waals surface area contributed by atoms with Crippen LogP contribution < -0.4 is 4.90 Å². The summed E-state index contributed by atoms with van der Waals surface area (Å²) in [4.78, 5) is 32.1. The normalized spacial score (nSPS) is 20.2. The van der Waals surface area contributed by atoms with Gasteiger partial charge in [-0.2, -0.15) is 0 Å². The fraction of sp³-hybridized carbons (Fsp3) is 0.533. The summed E-state index contributed by atoms with van der Waals surface area (Å²) in [5, 5.41) is 1.71. The van der Waals surface area contributed by atoms with Crippen LogP contribution in [-0.2, 0) is 10.2 Å². The van der Waals surface area contributed by atoms with Crippen LogP contribution in [0.15, 0.2) is 36.4 Å². The Labute approximate surface area is 241 Å². The van der Waals surface area contributed by atoms with Crippen molar-refractivity contribution in [3.8, 4) is 0 Å². The molecule has 2 aromatic carbocycles. The molecule has 1 saturated carbocycles. The largest absolute Gasteiger partial charge is 0.371 e. The number of benzene rings is 2. The molecular formula is C30H36Cl3N3O2. The molecule has 5 rings (SSSR count). The molecule has 2 saturated heterocycles. The number of carbonyl (C=O) groups excluding carboxylic acids is 2. The van der Waals surface area contributed by atoms with Gasteiger partial charge in [-0.25, -0.2) is 0 Å². The van der Waals surface area contributed by atoms with Crippen molar-refractivity contribution in [3.63, 3.8) is 0 Å². The predicted octanol–water partition coefficient (Wildman–Crippen LogP) is 6.93. The lowest BCUT2D eigenvalue weighted by Gasteiger charge is -2.47. The third kappa shape index (κ3) is 5.26. The first-order valence-electron chi connectivity index (χ1n) is 13.7. The van der Waals surface area contributed by atoms with Gasteiger partial charge < -0.3 is 14.7 Å². The number of amides is 2. The Bertz CT molecular complexity index is 1200. The molecule has 204 valence electrons. The van der Waals surface area contributed by atoms with Gasteiger partial charge in [0.05, 0.1) is 16.0 Å². The third-order valence-corrected chi connectivity index (χ3v) is 9.91. The van der Waals surface area contributed by atoms with E-state index in [9.17, 15) is 9.59 Å². The van der Waals surface area contributed by atoms with Crippen LogP contribution in [0.1, 0.15) is 60.9 Å². The molecule has 0 N–H and O–H groups in total. The van der Waals surface area contributed by atoms with E-state index in [0.717, 1.165) is 82.4 Å². The number of anilines is 1. The molecule has 8 heteroatoms. The lowest BCUT2D eigenvalue weighted by atomic mass is 9.63. The second-order valence-electron chi connectivity index (χ2n) is 11.4. The molecule has 0 aromatic heterocycles. The van der Waals surface area contributed by atoms with Crippen molar-refractivity contribution < 1.29 is 9.59 Å². The summed E-state index contributed by atoms with van der Waals surface area (Å²) in [6, 6.07) is 11.3.